The molecule has 0 amide bonds. The third-order valence-corrected chi connectivity index (χ3v) is 1.33. The van der Waals surface area contributed by atoms with Crippen molar-refractivity contribution in [2.75, 3.05) is 20.3 Å². The third kappa shape index (κ3) is 3.46. The summed E-state index contributed by atoms with van der Waals surface area (Å²) >= 11 is 0. The smallest absolute Gasteiger partial charge is 0.0709 e. The van der Waals surface area contributed by atoms with Crippen LogP contribution in [0, 0.1) is 5.92 Å². The Morgan fingerprint density at radius 1 is 1.67 bits per heavy atom. The van der Waals surface area contributed by atoms with Crippen LogP contribution in [-0.2, 0) is 4.74 Å². The van der Waals surface area contributed by atoms with Crippen LogP contribution in [0.4, 0.5) is 0 Å². The van der Waals surface area contributed by atoms with Crippen LogP contribution < -0.4 is 5.73 Å². The molecule has 0 aliphatic heterocycles. The van der Waals surface area contributed by atoms with Crippen molar-refractivity contribution in [2.45, 2.75) is 13.0 Å². The Balaban J connectivity index is 3.32. The number of nitrogens with two attached hydrogens (primary N) is 1. The third-order valence-electron chi connectivity index (χ3n) is 1.33. The lowest BCUT2D eigenvalue weighted by molar-refractivity contribution is 0.0624. The lowest BCUT2D eigenvalue weighted by Crippen LogP contribution is -2.29. The molecule has 3 nitrogen and oxygen atoms in total. The Bertz CT molecular complexity index is 68.1. The molecule has 3 heteroatoms. The Hall–Kier alpha value is -0.120. The summed E-state index contributed by atoms with van der Waals surface area (Å²) in [7, 11) is 1.61. The molecule has 2 atom stereocenters. The van der Waals surface area contributed by atoms with E-state index >= 15 is 0 Å². The average molecular weight is 133 g/mol. The van der Waals surface area contributed by atoms with Gasteiger partial charge in [0.05, 0.1) is 12.7 Å². The van der Waals surface area contributed by atoms with E-state index in [0.29, 0.717) is 13.2 Å². The molecular weight excluding hydrogens is 118 g/mol. The summed E-state index contributed by atoms with van der Waals surface area (Å²) in [6, 6.07) is 0. The van der Waals surface area contributed by atoms with Crippen LogP contribution in [-0.4, -0.2) is 31.5 Å². The van der Waals surface area contributed by atoms with Crippen LogP contribution in [0.2, 0.25) is 0 Å². The number of ether oxygens (including phenoxy) is 1. The molecule has 0 aromatic heterocycles. The predicted molar refractivity (Wildman–Crippen MR) is 36.1 cm³/mol. The van der Waals surface area contributed by atoms with E-state index in [1.54, 1.807) is 7.11 Å². The monoisotopic (exact) mass is 133 g/mol. The minimum absolute atomic E-state index is 0.139. The van der Waals surface area contributed by atoms with Crippen molar-refractivity contribution in [3.8, 4) is 0 Å². The van der Waals surface area contributed by atoms with Crippen LogP contribution in [0.25, 0.3) is 0 Å². The number of hydrogen-bond acceptors (Lipinski definition) is 3. The second kappa shape index (κ2) is 4.73. The maximum absolute atomic E-state index is 9.05. The summed E-state index contributed by atoms with van der Waals surface area (Å²) in [5.74, 6) is 0.139. The Morgan fingerprint density at radius 2 is 2.22 bits per heavy atom. The number of rotatable bonds is 4. The minimum Gasteiger partial charge on any atom is -0.391 e. The molecule has 0 saturated carbocycles. The van der Waals surface area contributed by atoms with Gasteiger partial charge in [0.15, 0.2) is 0 Å². The zero-order chi connectivity index (χ0) is 7.28. The highest BCUT2D eigenvalue weighted by molar-refractivity contribution is 4.63. The molecule has 0 rings (SSSR count). The summed E-state index contributed by atoms with van der Waals surface area (Å²) in [6.07, 6.45) is -0.426. The fourth-order valence-electron chi connectivity index (χ4n) is 0.606. The van der Waals surface area contributed by atoms with Gasteiger partial charge in [0.1, 0.15) is 0 Å². The number of hydrogen-bond donors (Lipinski definition) is 2. The van der Waals surface area contributed by atoms with Gasteiger partial charge in [-0.15, -0.1) is 0 Å². The summed E-state index contributed by atoms with van der Waals surface area (Å²) in [5.41, 5.74) is 5.20. The van der Waals surface area contributed by atoms with E-state index in [1.165, 1.54) is 0 Å². The van der Waals surface area contributed by atoms with Crippen LogP contribution >= 0.6 is 0 Å². The van der Waals surface area contributed by atoms with Gasteiger partial charge in [-0.25, -0.2) is 0 Å². The molecule has 0 bridgehead atoms. The van der Waals surface area contributed by atoms with Gasteiger partial charge in [0, 0.05) is 19.6 Å². The molecule has 0 radical (unpaired) electrons. The van der Waals surface area contributed by atoms with Gasteiger partial charge in [-0.05, 0) is 0 Å². The first-order chi connectivity index (χ1) is 4.22. The average Bonchev–Trinajstić information content (AvgIpc) is 1.87. The van der Waals surface area contributed by atoms with Gasteiger partial charge >= 0.3 is 0 Å². The zero-order valence-electron chi connectivity index (χ0n) is 6.00. The van der Waals surface area contributed by atoms with E-state index in [4.69, 9.17) is 15.6 Å². The molecule has 3 N–H and O–H groups in total. The fourth-order valence-corrected chi connectivity index (χ4v) is 0.606. The van der Waals surface area contributed by atoms with E-state index in [9.17, 15) is 0 Å². The molecule has 0 saturated heterocycles. The predicted octanol–water partition coefficient (Wildman–Crippen LogP) is -0.411. The molecule has 0 aromatic rings. The Labute approximate surface area is 55.8 Å². The summed E-state index contributed by atoms with van der Waals surface area (Å²) in [4.78, 5) is 0. The second-order valence-corrected chi connectivity index (χ2v) is 2.24. The quantitative estimate of drug-likeness (QED) is 0.548. The highest BCUT2D eigenvalue weighted by atomic mass is 16.5. The van der Waals surface area contributed by atoms with Gasteiger partial charge in [-0.3, -0.25) is 0 Å². The summed E-state index contributed by atoms with van der Waals surface area (Å²) in [5, 5.41) is 9.05. The number of methoxy groups -OCH3 is 1. The van der Waals surface area contributed by atoms with Crippen molar-refractivity contribution in [3.63, 3.8) is 0 Å². The SMILES string of the molecule is COCC(C)C(O)CN. The van der Waals surface area contributed by atoms with E-state index in [2.05, 4.69) is 0 Å². The lowest BCUT2D eigenvalue weighted by Gasteiger charge is -2.14. The second-order valence-electron chi connectivity index (χ2n) is 2.24. The van der Waals surface area contributed by atoms with Crippen molar-refractivity contribution in [2.24, 2.45) is 11.7 Å². The van der Waals surface area contributed by atoms with Crippen LogP contribution in [0.3, 0.4) is 0 Å². The van der Waals surface area contributed by atoms with Gasteiger partial charge in [0.25, 0.3) is 0 Å². The van der Waals surface area contributed by atoms with Gasteiger partial charge in [-0.2, -0.15) is 0 Å². The summed E-state index contributed by atoms with van der Waals surface area (Å²) < 4.78 is 4.81. The molecule has 0 fully saturated rings. The van der Waals surface area contributed by atoms with Crippen LogP contribution in [0.15, 0.2) is 0 Å². The molecule has 9 heavy (non-hydrogen) atoms. The molecular formula is C6H15NO2. The molecule has 0 heterocycles. The first-order valence-corrected chi connectivity index (χ1v) is 3.09. The maximum Gasteiger partial charge on any atom is 0.0709 e. The van der Waals surface area contributed by atoms with Gasteiger partial charge < -0.3 is 15.6 Å². The largest absolute Gasteiger partial charge is 0.391 e. The van der Waals surface area contributed by atoms with Crippen molar-refractivity contribution < 1.29 is 9.84 Å². The number of aliphatic hydroxyl groups is 1. The zero-order valence-corrected chi connectivity index (χ0v) is 6.00. The van der Waals surface area contributed by atoms with Crippen LogP contribution in [0.1, 0.15) is 6.92 Å². The number of aliphatic hydroxyl groups excluding tert-OH is 1. The fraction of sp³-hybridized carbons (Fsp3) is 1.00. The van der Waals surface area contributed by atoms with Crippen molar-refractivity contribution in [1.82, 2.24) is 0 Å². The molecule has 2 unspecified atom stereocenters. The van der Waals surface area contributed by atoms with Crippen molar-refractivity contribution in [3.05, 3.63) is 0 Å². The highest BCUT2D eigenvalue weighted by Gasteiger charge is 2.10. The first-order valence-electron chi connectivity index (χ1n) is 3.09. The highest BCUT2D eigenvalue weighted by Crippen LogP contribution is 2.00. The van der Waals surface area contributed by atoms with Crippen molar-refractivity contribution in [1.29, 1.82) is 0 Å². The Kier molecular flexibility index (Phi) is 4.67. The Morgan fingerprint density at radius 3 is 2.56 bits per heavy atom. The van der Waals surface area contributed by atoms with Crippen LogP contribution in [0.5, 0.6) is 0 Å². The lowest BCUT2D eigenvalue weighted by atomic mass is 10.1. The minimum atomic E-state index is -0.426. The van der Waals surface area contributed by atoms with E-state index < -0.39 is 6.10 Å². The standard InChI is InChI=1S/C6H15NO2/c1-5(4-9-2)6(8)3-7/h5-6,8H,3-4,7H2,1-2H3. The molecule has 0 aromatic carbocycles. The maximum atomic E-state index is 9.05. The van der Waals surface area contributed by atoms with E-state index in [1.807, 2.05) is 6.92 Å². The molecule has 0 aliphatic rings. The normalized spacial score (nSPS) is 17.3. The molecule has 0 spiro atoms. The first kappa shape index (κ1) is 8.88. The molecule has 0 aliphatic carbocycles. The topological polar surface area (TPSA) is 55.5 Å². The van der Waals surface area contributed by atoms with Gasteiger partial charge in [-0.1, -0.05) is 6.92 Å². The molecule has 56 valence electrons. The van der Waals surface area contributed by atoms with E-state index in [-0.39, 0.29) is 5.92 Å². The van der Waals surface area contributed by atoms with E-state index in [0.717, 1.165) is 0 Å². The summed E-state index contributed by atoms with van der Waals surface area (Å²) in [6.45, 7) is 2.78. The van der Waals surface area contributed by atoms with Gasteiger partial charge in [0.2, 0.25) is 0 Å². The van der Waals surface area contributed by atoms with Crippen molar-refractivity contribution >= 4 is 0 Å².